The molecule has 126 valence electrons. The summed E-state index contributed by atoms with van der Waals surface area (Å²) in [4.78, 5) is 16.7. The minimum Gasteiger partial charge on any atom is -0.305 e. The number of ketones is 1. The van der Waals surface area contributed by atoms with Crippen LogP contribution in [0.1, 0.15) is 27.0 Å². The van der Waals surface area contributed by atoms with Crippen molar-refractivity contribution < 1.29 is 4.79 Å². The van der Waals surface area contributed by atoms with E-state index in [-0.39, 0.29) is 5.78 Å². The molecule has 24 heavy (non-hydrogen) atoms. The first-order chi connectivity index (χ1) is 11.5. The van der Waals surface area contributed by atoms with Gasteiger partial charge in [-0.1, -0.05) is 54.6 Å². The monoisotopic (exact) mass is 322 g/mol. The van der Waals surface area contributed by atoms with Crippen LogP contribution in [0, 0.1) is 0 Å². The van der Waals surface area contributed by atoms with Crippen molar-refractivity contribution in [3.8, 4) is 0 Å². The predicted octanol–water partition coefficient (Wildman–Crippen LogP) is 3.71. The maximum Gasteiger partial charge on any atom is 0.186 e. The molecule has 0 amide bonds. The van der Waals surface area contributed by atoms with Gasteiger partial charge >= 0.3 is 0 Å². The van der Waals surface area contributed by atoms with Gasteiger partial charge in [0, 0.05) is 18.7 Å². The smallest absolute Gasteiger partial charge is 0.186 e. The van der Waals surface area contributed by atoms with Gasteiger partial charge in [-0.05, 0) is 51.0 Å². The van der Waals surface area contributed by atoms with E-state index in [9.17, 15) is 4.79 Å². The Morgan fingerprint density at radius 1 is 0.875 bits per heavy atom. The van der Waals surface area contributed by atoms with Gasteiger partial charge in [0.15, 0.2) is 5.78 Å². The zero-order valence-electron chi connectivity index (χ0n) is 15.0. The molecule has 0 spiro atoms. The zero-order chi connectivity index (χ0) is 17.5. The summed E-state index contributed by atoms with van der Waals surface area (Å²) in [5.41, 5.74) is 4.13. The van der Waals surface area contributed by atoms with Crippen LogP contribution in [0.5, 0.6) is 0 Å². The maximum absolute atomic E-state index is 12.5. The molecule has 0 saturated heterocycles. The third-order valence-electron chi connectivity index (χ3n) is 3.68. The van der Waals surface area contributed by atoms with Crippen molar-refractivity contribution in [2.75, 3.05) is 28.2 Å². The molecule has 3 nitrogen and oxygen atoms in total. The Bertz CT molecular complexity index is 700. The normalized spacial score (nSPS) is 11.6. The van der Waals surface area contributed by atoms with Crippen LogP contribution in [0.4, 0.5) is 0 Å². The molecule has 0 saturated carbocycles. The van der Waals surface area contributed by atoms with Crippen molar-refractivity contribution in [2.24, 2.45) is 0 Å². The topological polar surface area (TPSA) is 23.6 Å². The number of hydrogen-bond acceptors (Lipinski definition) is 3. The Labute approximate surface area is 145 Å². The molecular weight excluding hydrogens is 296 g/mol. The molecular formula is C21H26N2O. The summed E-state index contributed by atoms with van der Waals surface area (Å²) in [7, 11) is 8.12. The first kappa shape index (κ1) is 18.1. The van der Waals surface area contributed by atoms with E-state index in [1.165, 1.54) is 5.56 Å². The fourth-order valence-electron chi connectivity index (χ4n) is 2.60. The molecule has 2 aromatic carbocycles. The Morgan fingerprint density at radius 2 is 1.50 bits per heavy atom. The average molecular weight is 322 g/mol. The summed E-state index contributed by atoms with van der Waals surface area (Å²) in [6, 6.07) is 16.1. The molecule has 0 aliphatic carbocycles. The van der Waals surface area contributed by atoms with E-state index in [1.807, 2.05) is 56.6 Å². The highest BCUT2D eigenvalue weighted by molar-refractivity contribution is 6.07. The van der Waals surface area contributed by atoms with Gasteiger partial charge in [0.2, 0.25) is 0 Å². The number of rotatable bonds is 7. The Balaban J connectivity index is 2.10. The van der Waals surface area contributed by atoms with Crippen LogP contribution in [-0.4, -0.2) is 43.8 Å². The van der Waals surface area contributed by atoms with Crippen LogP contribution in [0.3, 0.4) is 0 Å². The van der Waals surface area contributed by atoms with E-state index in [0.29, 0.717) is 0 Å². The van der Waals surface area contributed by atoms with Crippen LogP contribution >= 0.6 is 0 Å². The van der Waals surface area contributed by atoms with Crippen LogP contribution in [0.2, 0.25) is 0 Å². The fraction of sp³-hybridized carbons (Fsp3) is 0.286. The fourth-order valence-corrected chi connectivity index (χ4v) is 2.60. The molecule has 0 N–H and O–H groups in total. The van der Waals surface area contributed by atoms with Gasteiger partial charge in [-0.3, -0.25) is 4.79 Å². The third kappa shape index (κ3) is 5.44. The molecule has 3 heteroatoms. The van der Waals surface area contributed by atoms with E-state index in [2.05, 4.69) is 36.0 Å². The summed E-state index contributed by atoms with van der Waals surface area (Å²) in [5.74, 6) is 0.0461. The largest absolute Gasteiger partial charge is 0.305 e. The second-order valence-electron chi connectivity index (χ2n) is 6.57. The van der Waals surface area contributed by atoms with E-state index >= 15 is 0 Å². The third-order valence-corrected chi connectivity index (χ3v) is 3.68. The van der Waals surface area contributed by atoms with Gasteiger partial charge < -0.3 is 9.80 Å². The van der Waals surface area contributed by atoms with Gasteiger partial charge in [0.1, 0.15) is 0 Å². The molecule has 0 fully saturated rings. The molecule has 0 aromatic heterocycles. The average Bonchev–Trinajstić information content (AvgIpc) is 2.53. The van der Waals surface area contributed by atoms with Crippen molar-refractivity contribution in [3.05, 3.63) is 76.9 Å². The van der Waals surface area contributed by atoms with Crippen molar-refractivity contribution in [3.63, 3.8) is 0 Å². The quantitative estimate of drug-likeness (QED) is 0.573. The van der Waals surface area contributed by atoms with Crippen LogP contribution < -0.4 is 0 Å². The number of nitrogens with zero attached hydrogens (tertiary/aromatic N) is 2. The maximum atomic E-state index is 12.5. The number of allylic oxidation sites excluding steroid dienone is 1. The lowest BCUT2D eigenvalue weighted by molar-refractivity contribution is 0.104. The number of carbonyl (C=O) groups is 1. The molecule has 0 atom stereocenters. The summed E-state index contributed by atoms with van der Waals surface area (Å²) < 4.78 is 0. The number of hydrogen-bond donors (Lipinski definition) is 0. The highest BCUT2D eigenvalue weighted by atomic mass is 16.1. The van der Waals surface area contributed by atoms with Crippen molar-refractivity contribution in [1.82, 2.24) is 9.80 Å². The molecule has 2 rings (SSSR count). The summed E-state index contributed by atoms with van der Waals surface area (Å²) in [5, 5.41) is 0. The first-order valence-electron chi connectivity index (χ1n) is 8.14. The minimum atomic E-state index is 0.0461. The Kier molecular flexibility index (Phi) is 6.47. The lowest BCUT2D eigenvalue weighted by Crippen LogP contribution is -2.13. The van der Waals surface area contributed by atoms with Gasteiger partial charge in [0.05, 0.1) is 0 Å². The molecule has 0 unspecified atom stereocenters. The van der Waals surface area contributed by atoms with E-state index in [1.54, 1.807) is 6.08 Å². The Hall–Kier alpha value is -2.23. The molecule has 0 bridgehead atoms. The second kappa shape index (κ2) is 8.57. The van der Waals surface area contributed by atoms with Crippen LogP contribution in [-0.2, 0) is 13.1 Å². The van der Waals surface area contributed by atoms with E-state index in [4.69, 9.17) is 0 Å². The summed E-state index contributed by atoms with van der Waals surface area (Å²) >= 11 is 0. The molecule has 0 heterocycles. The second-order valence-corrected chi connectivity index (χ2v) is 6.57. The highest BCUT2D eigenvalue weighted by Crippen LogP contribution is 2.13. The predicted molar refractivity (Wildman–Crippen MR) is 101 cm³/mol. The van der Waals surface area contributed by atoms with E-state index in [0.717, 1.165) is 29.8 Å². The SMILES string of the molecule is CN(C)Cc1ccc(C=CC(=O)c2ccccc2CN(C)C)cc1. The van der Waals surface area contributed by atoms with Crippen molar-refractivity contribution in [1.29, 1.82) is 0 Å². The van der Waals surface area contributed by atoms with Crippen LogP contribution in [0.15, 0.2) is 54.6 Å². The zero-order valence-corrected chi connectivity index (χ0v) is 15.0. The van der Waals surface area contributed by atoms with E-state index < -0.39 is 0 Å². The highest BCUT2D eigenvalue weighted by Gasteiger charge is 2.08. The van der Waals surface area contributed by atoms with Crippen molar-refractivity contribution in [2.45, 2.75) is 13.1 Å². The summed E-state index contributed by atoms with van der Waals surface area (Å²) in [6.07, 6.45) is 3.55. The van der Waals surface area contributed by atoms with Gasteiger partial charge in [-0.25, -0.2) is 0 Å². The Morgan fingerprint density at radius 3 is 2.12 bits per heavy atom. The molecule has 0 radical (unpaired) electrons. The molecule has 0 aliphatic rings. The van der Waals surface area contributed by atoms with Gasteiger partial charge in [-0.2, -0.15) is 0 Å². The molecule has 0 aliphatic heterocycles. The first-order valence-corrected chi connectivity index (χ1v) is 8.14. The molecule has 2 aromatic rings. The number of carbonyl (C=O) groups excluding carboxylic acids is 1. The number of benzene rings is 2. The van der Waals surface area contributed by atoms with Crippen LogP contribution in [0.25, 0.3) is 6.08 Å². The standard InChI is InChI=1S/C21H26N2O/c1-22(2)15-18-11-9-17(10-12-18)13-14-21(24)20-8-6-5-7-19(20)16-23(3)4/h5-14H,15-16H2,1-4H3. The minimum absolute atomic E-state index is 0.0461. The summed E-state index contributed by atoms with van der Waals surface area (Å²) in [6.45, 7) is 1.68. The lowest BCUT2D eigenvalue weighted by atomic mass is 10.0. The lowest BCUT2D eigenvalue weighted by Gasteiger charge is -2.12. The van der Waals surface area contributed by atoms with Gasteiger partial charge in [-0.15, -0.1) is 0 Å². The van der Waals surface area contributed by atoms with Crippen molar-refractivity contribution >= 4 is 11.9 Å². The van der Waals surface area contributed by atoms with Gasteiger partial charge in [0.25, 0.3) is 0 Å².